The van der Waals surface area contributed by atoms with E-state index in [0.717, 1.165) is 11.3 Å². The van der Waals surface area contributed by atoms with Gasteiger partial charge < -0.3 is 11.1 Å². The monoisotopic (exact) mass is 302 g/mol. The zero-order valence-electron chi connectivity index (χ0n) is 12.4. The van der Waals surface area contributed by atoms with Gasteiger partial charge in [0.1, 0.15) is 10.8 Å². The molecule has 2 rings (SSSR count). The lowest BCUT2D eigenvalue weighted by molar-refractivity contribution is 0.626. The van der Waals surface area contributed by atoms with Crippen molar-refractivity contribution in [3.8, 4) is 0 Å². The van der Waals surface area contributed by atoms with Gasteiger partial charge in [0, 0.05) is 16.9 Å². The predicted octanol–water partition coefficient (Wildman–Crippen LogP) is 4.64. The summed E-state index contributed by atoms with van der Waals surface area (Å²) in [7, 11) is 0. The lowest BCUT2D eigenvalue weighted by Gasteiger charge is -2.17. The van der Waals surface area contributed by atoms with Crippen LogP contribution in [-0.2, 0) is 0 Å². The number of benzene rings is 2. The van der Waals surface area contributed by atoms with Gasteiger partial charge in [-0.1, -0.05) is 44.3 Å². The molecule has 0 spiro atoms. The molecular formula is C17H19FN2S. The maximum absolute atomic E-state index is 14.0. The van der Waals surface area contributed by atoms with Crippen molar-refractivity contribution >= 4 is 28.6 Å². The normalized spacial score (nSPS) is 10.7. The standard InChI is InChI=1S/C17H19FN2S/c1-10(2)13-6-4-5-11(3)16(13)20-12-7-8-14(17(19)21)15(18)9-12/h4-10,20H,1-3H3,(H2,19,21). The first-order chi connectivity index (χ1) is 9.90. The summed E-state index contributed by atoms with van der Waals surface area (Å²) in [5.41, 5.74) is 9.78. The SMILES string of the molecule is Cc1cccc(C(C)C)c1Nc1ccc(C(N)=S)c(F)c1. The van der Waals surface area contributed by atoms with Gasteiger partial charge in [-0.15, -0.1) is 0 Å². The number of hydrogen-bond acceptors (Lipinski definition) is 2. The highest BCUT2D eigenvalue weighted by Gasteiger charge is 2.11. The molecule has 21 heavy (non-hydrogen) atoms. The highest BCUT2D eigenvalue weighted by molar-refractivity contribution is 7.80. The topological polar surface area (TPSA) is 38.0 Å². The van der Waals surface area contributed by atoms with Crippen molar-refractivity contribution in [1.29, 1.82) is 0 Å². The van der Waals surface area contributed by atoms with E-state index in [1.54, 1.807) is 12.1 Å². The number of anilines is 2. The molecule has 0 unspecified atom stereocenters. The Hall–Kier alpha value is -1.94. The molecule has 0 heterocycles. The zero-order chi connectivity index (χ0) is 15.6. The van der Waals surface area contributed by atoms with Gasteiger partial charge in [0.05, 0.1) is 0 Å². The van der Waals surface area contributed by atoms with E-state index in [0.29, 0.717) is 11.6 Å². The maximum atomic E-state index is 14.0. The summed E-state index contributed by atoms with van der Waals surface area (Å²) in [5.74, 6) is -0.0275. The first-order valence-electron chi connectivity index (χ1n) is 6.86. The molecular weight excluding hydrogens is 283 g/mol. The number of rotatable bonds is 4. The Morgan fingerprint density at radius 3 is 2.52 bits per heavy atom. The Bertz CT molecular complexity index is 680. The number of hydrogen-bond donors (Lipinski definition) is 2. The summed E-state index contributed by atoms with van der Waals surface area (Å²) in [6.07, 6.45) is 0. The number of thiocarbonyl (C=S) groups is 1. The highest BCUT2D eigenvalue weighted by Crippen LogP contribution is 2.30. The molecule has 0 radical (unpaired) electrons. The molecule has 0 fully saturated rings. The lowest BCUT2D eigenvalue weighted by atomic mass is 9.98. The van der Waals surface area contributed by atoms with Gasteiger partial charge in [-0.05, 0) is 42.2 Å². The third kappa shape index (κ3) is 3.39. The van der Waals surface area contributed by atoms with Crippen molar-refractivity contribution in [3.63, 3.8) is 0 Å². The van der Waals surface area contributed by atoms with E-state index in [1.807, 2.05) is 19.1 Å². The molecule has 0 atom stereocenters. The minimum Gasteiger partial charge on any atom is -0.389 e. The lowest BCUT2D eigenvalue weighted by Crippen LogP contribution is -2.11. The second-order valence-electron chi connectivity index (χ2n) is 5.38. The Kier molecular flexibility index (Phi) is 4.58. The average molecular weight is 302 g/mol. The number of para-hydroxylation sites is 1. The van der Waals surface area contributed by atoms with Crippen LogP contribution in [0.25, 0.3) is 0 Å². The van der Waals surface area contributed by atoms with Crippen molar-refractivity contribution in [2.45, 2.75) is 26.7 Å². The number of nitrogens with one attached hydrogen (secondary N) is 1. The van der Waals surface area contributed by atoms with Crippen LogP contribution in [-0.4, -0.2) is 4.99 Å². The minimum absolute atomic E-state index is 0.0674. The Morgan fingerprint density at radius 1 is 1.24 bits per heavy atom. The molecule has 0 saturated carbocycles. The summed E-state index contributed by atoms with van der Waals surface area (Å²) in [6.45, 7) is 6.31. The largest absolute Gasteiger partial charge is 0.389 e. The van der Waals surface area contributed by atoms with E-state index in [2.05, 4.69) is 25.2 Å². The Labute approximate surface area is 130 Å². The van der Waals surface area contributed by atoms with Crippen LogP contribution in [0, 0.1) is 12.7 Å². The van der Waals surface area contributed by atoms with Gasteiger partial charge in [0.2, 0.25) is 0 Å². The van der Waals surface area contributed by atoms with Gasteiger partial charge in [0.15, 0.2) is 0 Å². The van der Waals surface area contributed by atoms with Crippen LogP contribution in [0.1, 0.15) is 36.5 Å². The van der Waals surface area contributed by atoms with Gasteiger partial charge in [-0.3, -0.25) is 0 Å². The van der Waals surface area contributed by atoms with Crippen LogP contribution < -0.4 is 11.1 Å². The molecule has 0 aliphatic heterocycles. The summed E-state index contributed by atoms with van der Waals surface area (Å²) in [4.78, 5) is 0.0674. The fraction of sp³-hybridized carbons (Fsp3) is 0.235. The van der Waals surface area contributed by atoms with Crippen molar-refractivity contribution in [1.82, 2.24) is 0 Å². The van der Waals surface area contributed by atoms with E-state index in [-0.39, 0.29) is 10.6 Å². The fourth-order valence-electron chi connectivity index (χ4n) is 2.28. The molecule has 2 nitrogen and oxygen atoms in total. The molecule has 2 aromatic carbocycles. The second-order valence-corrected chi connectivity index (χ2v) is 5.82. The molecule has 3 N–H and O–H groups in total. The molecule has 0 bridgehead atoms. The molecule has 0 aliphatic carbocycles. The molecule has 2 aromatic rings. The number of nitrogens with two attached hydrogens (primary N) is 1. The average Bonchev–Trinajstić information content (AvgIpc) is 2.40. The smallest absolute Gasteiger partial charge is 0.135 e. The van der Waals surface area contributed by atoms with E-state index in [9.17, 15) is 4.39 Å². The quantitative estimate of drug-likeness (QED) is 0.808. The van der Waals surface area contributed by atoms with Gasteiger partial charge in [-0.2, -0.15) is 0 Å². The van der Waals surface area contributed by atoms with Crippen molar-refractivity contribution < 1.29 is 4.39 Å². The summed E-state index contributed by atoms with van der Waals surface area (Å²) in [5, 5.41) is 3.31. The van der Waals surface area contributed by atoms with Crippen molar-refractivity contribution in [2.75, 3.05) is 5.32 Å². The van der Waals surface area contributed by atoms with Gasteiger partial charge >= 0.3 is 0 Å². The highest BCUT2D eigenvalue weighted by atomic mass is 32.1. The van der Waals surface area contributed by atoms with Crippen LogP contribution in [0.2, 0.25) is 0 Å². The van der Waals surface area contributed by atoms with E-state index >= 15 is 0 Å². The first kappa shape index (κ1) is 15.4. The molecule has 0 amide bonds. The van der Waals surface area contributed by atoms with Crippen LogP contribution in [0.15, 0.2) is 36.4 Å². The molecule has 0 aliphatic rings. The fourth-order valence-corrected chi connectivity index (χ4v) is 2.44. The summed E-state index contributed by atoms with van der Waals surface area (Å²) < 4.78 is 14.0. The van der Waals surface area contributed by atoms with E-state index < -0.39 is 5.82 Å². The van der Waals surface area contributed by atoms with Gasteiger partial charge in [0.25, 0.3) is 0 Å². The molecule has 4 heteroatoms. The Balaban J connectivity index is 2.39. The molecule has 0 aromatic heterocycles. The van der Waals surface area contributed by atoms with Gasteiger partial charge in [-0.25, -0.2) is 4.39 Å². The Morgan fingerprint density at radius 2 is 1.95 bits per heavy atom. The second kappa shape index (κ2) is 6.22. The van der Waals surface area contributed by atoms with Crippen LogP contribution in [0.3, 0.4) is 0 Å². The summed E-state index contributed by atoms with van der Waals surface area (Å²) >= 11 is 4.82. The van der Waals surface area contributed by atoms with E-state index in [4.69, 9.17) is 18.0 Å². The summed E-state index contributed by atoms with van der Waals surface area (Å²) in [6, 6.07) is 11.0. The van der Waals surface area contributed by atoms with Crippen LogP contribution in [0.5, 0.6) is 0 Å². The van der Waals surface area contributed by atoms with Crippen molar-refractivity contribution in [3.05, 3.63) is 58.9 Å². The van der Waals surface area contributed by atoms with Crippen LogP contribution >= 0.6 is 12.2 Å². The number of aryl methyl sites for hydroxylation is 1. The predicted molar refractivity (Wildman–Crippen MR) is 90.8 cm³/mol. The van der Waals surface area contributed by atoms with Crippen molar-refractivity contribution in [2.24, 2.45) is 5.73 Å². The maximum Gasteiger partial charge on any atom is 0.135 e. The van der Waals surface area contributed by atoms with Crippen LogP contribution in [0.4, 0.5) is 15.8 Å². The van der Waals surface area contributed by atoms with E-state index in [1.165, 1.54) is 11.6 Å². The third-order valence-electron chi connectivity index (χ3n) is 3.43. The minimum atomic E-state index is -0.410. The third-order valence-corrected chi connectivity index (χ3v) is 3.65. The first-order valence-corrected chi connectivity index (χ1v) is 7.27. The number of halogens is 1. The molecule has 0 saturated heterocycles. The molecule has 110 valence electrons. The zero-order valence-corrected chi connectivity index (χ0v) is 13.2.